The summed E-state index contributed by atoms with van der Waals surface area (Å²) in [6.45, 7) is 0.580. The molecule has 1 amide bonds. The fourth-order valence-electron chi connectivity index (χ4n) is 5.00. The van der Waals surface area contributed by atoms with Crippen molar-refractivity contribution in [1.29, 1.82) is 0 Å². The zero-order chi connectivity index (χ0) is 31.8. The number of nitrogens with zero attached hydrogens (tertiary/aromatic N) is 4. The molecule has 230 valence electrons. The molecule has 4 aromatic carbocycles. The topological polar surface area (TPSA) is 129 Å². The third kappa shape index (κ3) is 7.61. The number of aliphatic hydroxyl groups is 1. The number of hydrogen-bond donors (Lipinski definition) is 2. The van der Waals surface area contributed by atoms with Crippen molar-refractivity contribution in [3.8, 4) is 5.75 Å². The molecule has 1 aliphatic heterocycles. The van der Waals surface area contributed by atoms with Gasteiger partial charge in [0, 0.05) is 46.6 Å². The van der Waals surface area contributed by atoms with Crippen molar-refractivity contribution in [2.45, 2.75) is 31.0 Å². The predicted octanol–water partition coefficient (Wildman–Crippen LogP) is 8.27. The molecule has 12 heteroatoms. The SMILES string of the molecule is [N-]=[N+]=Nc1ccccc1C[C@@]1(C(=O)NCc2ccc(Cl)c(Cl)c2)N=C(c2ccc(OCCCO)cc2)O[C@@H]1c1ccc(Br)cc1. The van der Waals surface area contributed by atoms with Crippen molar-refractivity contribution >= 4 is 56.6 Å². The summed E-state index contributed by atoms with van der Waals surface area (Å²) in [6, 6.07) is 26.9. The van der Waals surface area contributed by atoms with E-state index in [1.54, 1.807) is 42.5 Å². The number of carbonyl (C=O) groups excluding carboxylic acids is 1. The molecular formula is C33H28BrCl2N5O4. The Morgan fingerprint density at radius 3 is 2.53 bits per heavy atom. The standard InChI is InChI=1S/C33H28BrCl2N5O4/c34-25-11-7-22(8-12-25)30-33(19-24-4-1-2-5-29(24)40-41-37,32(43)38-20-21-6-15-27(35)28(36)18-21)39-31(45-30)23-9-13-26(14-10-23)44-17-3-16-42/h1-2,4-15,18,30,42H,3,16-17,19-20H2,(H,38,43)/t30-,33-/m1/s1. The molecule has 1 heterocycles. The van der Waals surface area contributed by atoms with Crippen LogP contribution in [0.25, 0.3) is 10.4 Å². The first-order valence-electron chi connectivity index (χ1n) is 14.0. The maximum absolute atomic E-state index is 14.5. The fraction of sp³-hybridized carbons (Fsp3) is 0.212. The number of amides is 1. The number of nitrogens with one attached hydrogen (secondary N) is 1. The van der Waals surface area contributed by atoms with E-state index >= 15 is 0 Å². The first-order valence-corrected chi connectivity index (χ1v) is 15.6. The molecule has 0 saturated heterocycles. The Labute approximate surface area is 278 Å². The second-order valence-electron chi connectivity index (χ2n) is 10.3. The van der Waals surface area contributed by atoms with Crippen LogP contribution >= 0.6 is 39.1 Å². The van der Waals surface area contributed by atoms with Gasteiger partial charge in [0.1, 0.15) is 5.75 Å². The van der Waals surface area contributed by atoms with Crippen LogP contribution in [0.5, 0.6) is 5.75 Å². The van der Waals surface area contributed by atoms with Crippen molar-refractivity contribution in [3.05, 3.63) is 138 Å². The van der Waals surface area contributed by atoms with Crippen LogP contribution in [-0.4, -0.2) is 35.7 Å². The minimum atomic E-state index is -1.50. The molecule has 4 aromatic rings. The van der Waals surface area contributed by atoms with E-state index in [9.17, 15) is 10.3 Å². The van der Waals surface area contributed by atoms with E-state index in [4.69, 9.17) is 42.8 Å². The zero-order valence-corrected chi connectivity index (χ0v) is 27.0. The zero-order valence-electron chi connectivity index (χ0n) is 23.9. The van der Waals surface area contributed by atoms with Gasteiger partial charge >= 0.3 is 0 Å². The van der Waals surface area contributed by atoms with Crippen molar-refractivity contribution in [3.63, 3.8) is 0 Å². The summed E-state index contributed by atoms with van der Waals surface area (Å²) in [4.78, 5) is 22.5. The number of halogens is 3. The summed E-state index contributed by atoms with van der Waals surface area (Å²) in [5.74, 6) is 0.510. The molecule has 0 bridgehead atoms. The second kappa shape index (κ2) is 14.8. The first-order chi connectivity index (χ1) is 21.8. The van der Waals surface area contributed by atoms with E-state index in [0.717, 1.165) is 15.6 Å². The highest BCUT2D eigenvalue weighted by Crippen LogP contribution is 2.44. The lowest BCUT2D eigenvalue weighted by atomic mass is 9.81. The summed E-state index contributed by atoms with van der Waals surface area (Å²) >= 11 is 15.8. The molecule has 5 rings (SSSR count). The van der Waals surface area contributed by atoms with Crippen LogP contribution in [0.3, 0.4) is 0 Å². The van der Waals surface area contributed by atoms with Crippen LogP contribution in [0.1, 0.15) is 34.8 Å². The van der Waals surface area contributed by atoms with Gasteiger partial charge in [0.05, 0.1) is 16.7 Å². The van der Waals surface area contributed by atoms with Crippen molar-refractivity contribution in [2.24, 2.45) is 10.1 Å². The van der Waals surface area contributed by atoms with Gasteiger partial charge in [-0.25, -0.2) is 4.99 Å². The van der Waals surface area contributed by atoms with Crippen LogP contribution in [0, 0.1) is 0 Å². The minimum absolute atomic E-state index is 0.0399. The first kappa shape index (κ1) is 32.3. The number of aliphatic hydroxyl groups excluding tert-OH is 1. The van der Waals surface area contributed by atoms with Crippen LogP contribution in [0.2, 0.25) is 10.0 Å². The van der Waals surface area contributed by atoms with Gasteiger partial charge in [-0.1, -0.05) is 86.7 Å². The number of ether oxygens (including phenoxy) is 2. The van der Waals surface area contributed by atoms with Gasteiger partial charge in [-0.3, -0.25) is 4.79 Å². The van der Waals surface area contributed by atoms with Crippen molar-refractivity contribution < 1.29 is 19.4 Å². The second-order valence-corrected chi connectivity index (χ2v) is 12.0. The van der Waals surface area contributed by atoms with E-state index in [2.05, 4.69) is 31.3 Å². The number of carbonyl (C=O) groups is 1. The molecule has 2 N–H and O–H groups in total. The highest BCUT2D eigenvalue weighted by Gasteiger charge is 2.53. The molecule has 0 aromatic heterocycles. The number of aliphatic imine (C=N–C) groups is 1. The quantitative estimate of drug-likeness (QED) is 0.0664. The van der Waals surface area contributed by atoms with E-state index in [1.165, 1.54) is 0 Å². The van der Waals surface area contributed by atoms with Crippen molar-refractivity contribution in [2.75, 3.05) is 13.2 Å². The number of benzene rings is 4. The largest absolute Gasteiger partial charge is 0.494 e. The van der Waals surface area contributed by atoms with Crippen LogP contribution < -0.4 is 10.1 Å². The predicted molar refractivity (Wildman–Crippen MR) is 178 cm³/mol. The Morgan fingerprint density at radius 2 is 1.82 bits per heavy atom. The Kier molecular flexibility index (Phi) is 10.7. The minimum Gasteiger partial charge on any atom is -0.494 e. The lowest BCUT2D eigenvalue weighted by Crippen LogP contribution is -2.49. The van der Waals surface area contributed by atoms with E-state index in [0.29, 0.717) is 45.6 Å². The Balaban J connectivity index is 1.59. The van der Waals surface area contributed by atoms with Gasteiger partial charge in [0.25, 0.3) is 5.91 Å². The van der Waals surface area contributed by atoms with Gasteiger partial charge in [-0.15, -0.1) is 0 Å². The van der Waals surface area contributed by atoms with Gasteiger partial charge in [0.2, 0.25) is 5.90 Å². The normalized spacial score (nSPS) is 17.2. The molecule has 0 unspecified atom stereocenters. The maximum Gasteiger partial charge on any atom is 0.252 e. The lowest BCUT2D eigenvalue weighted by Gasteiger charge is -2.31. The Bertz CT molecular complexity index is 1750. The number of rotatable bonds is 12. The van der Waals surface area contributed by atoms with Gasteiger partial charge in [-0.05, 0) is 70.8 Å². The van der Waals surface area contributed by atoms with E-state index in [1.807, 2.05) is 48.5 Å². The molecule has 2 atom stereocenters. The molecular weight excluding hydrogens is 681 g/mol. The summed E-state index contributed by atoms with van der Waals surface area (Å²) in [5, 5.41) is 16.8. The van der Waals surface area contributed by atoms with Crippen LogP contribution in [-0.2, 0) is 22.5 Å². The summed E-state index contributed by atoms with van der Waals surface area (Å²) in [5.41, 5.74) is 10.9. The Morgan fingerprint density at radius 1 is 1.07 bits per heavy atom. The molecule has 9 nitrogen and oxygen atoms in total. The van der Waals surface area contributed by atoms with Gasteiger partial charge < -0.3 is 19.9 Å². The molecule has 0 spiro atoms. The van der Waals surface area contributed by atoms with E-state index < -0.39 is 17.6 Å². The molecule has 0 aliphatic carbocycles. The van der Waals surface area contributed by atoms with E-state index in [-0.39, 0.29) is 25.5 Å². The highest BCUT2D eigenvalue weighted by molar-refractivity contribution is 9.10. The molecule has 0 saturated carbocycles. The highest BCUT2D eigenvalue weighted by atomic mass is 79.9. The Hall–Kier alpha value is -4.05. The summed E-state index contributed by atoms with van der Waals surface area (Å²) in [7, 11) is 0. The number of hydrogen-bond acceptors (Lipinski definition) is 6. The third-order valence-electron chi connectivity index (χ3n) is 7.24. The third-order valence-corrected chi connectivity index (χ3v) is 8.51. The summed E-state index contributed by atoms with van der Waals surface area (Å²) < 4.78 is 13.1. The smallest absolute Gasteiger partial charge is 0.252 e. The van der Waals surface area contributed by atoms with Gasteiger partial charge in [0.15, 0.2) is 11.6 Å². The molecule has 45 heavy (non-hydrogen) atoms. The molecule has 1 aliphatic rings. The monoisotopic (exact) mass is 707 g/mol. The van der Waals surface area contributed by atoms with Crippen molar-refractivity contribution in [1.82, 2.24) is 5.32 Å². The molecule has 0 fully saturated rings. The van der Waals surface area contributed by atoms with Crippen LogP contribution in [0.4, 0.5) is 5.69 Å². The fourth-order valence-corrected chi connectivity index (χ4v) is 5.59. The van der Waals surface area contributed by atoms with Crippen LogP contribution in [0.15, 0.2) is 106 Å². The maximum atomic E-state index is 14.5. The average molecular weight is 709 g/mol. The lowest BCUT2D eigenvalue weighted by molar-refractivity contribution is -0.129. The average Bonchev–Trinajstić information content (AvgIpc) is 3.43. The van der Waals surface area contributed by atoms with Gasteiger partial charge in [-0.2, -0.15) is 0 Å². The number of azide groups is 1. The molecule has 0 radical (unpaired) electrons. The summed E-state index contributed by atoms with van der Waals surface area (Å²) in [6.07, 6.45) is -0.250.